The first-order valence-corrected chi connectivity index (χ1v) is 10.2. The molecule has 0 saturated carbocycles. The smallest absolute Gasteiger partial charge is 0.236 e. The Morgan fingerprint density at radius 1 is 1.22 bits per heavy atom. The summed E-state index contributed by atoms with van der Waals surface area (Å²) in [4.78, 5) is 21.2. The molecule has 5 aromatic rings. The van der Waals surface area contributed by atoms with Crippen molar-refractivity contribution >= 4 is 72.8 Å². The Morgan fingerprint density at radius 3 is 3.04 bits per heavy atom. The number of amides is 1. The molecule has 1 amide bonds. The van der Waals surface area contributed by atoms with Crippen LogP contribution in [0.15, 0.2) is 47.6 Å². The maximum atomic E-state index is 12.3. The summed E-state index contributed by atoms with van der Waals surface area (Å²) >= 11 is 8.72. The van der Waals surface area contributed by atoms with E-state index in [4.69, 9.17) is 11.6 Å². The van der Waals surface area contributed by atoms with Gasteiger partial charge in [-0.1, -0.05) is 46.8 Å². The molecule has 0 bridgehead atoms. The molecule has 0 saturated heterocycles. The molecule has 0 atom stereocenters. The highest BCUT2D eigenvalue weighted by molar-refractivity contribution is 7.99. The molecule has 3 heterocycles. The zero-order valence-corrected chi connectivity index (χ0v) is 16.0. The normalized spacial score (nSPS) is 11.6. The number of carbonyl (C=O) groups is 1. The van der Waals surface area contributed by atoms with E-state index < -0.39 is 0 Å². The van der Waals surface area contributed by atoms with Gasteiger partial charge in [0.25, 0.3) is 0 Å². The van der Waals surface area contributed by atoms with Crippen molar-refractivity contribution in [2.45, 2.75) is 5.16 Å². The standard InChI is InChI=1S/C17H11ClN6OS2/c18-9-5-6-11-13(7-9)27-16(20-11)21-14(25)8-26-17-23-22-15-19-10-3-1-2-4-12(10)24(15)17/h1-7H,8H2,(H,19,22)(H,20,21,25). The highest BCUT2D eigenvalue weighted by atomic mass is 35.5. The maximum Gasteiger partial charge on any atom is 0.236 e. The van der Waals surface area contributed by atoms with Gasteiger partial charge in [0.2, 0.25) is 11.7 Å². The number of nitrogens with one attached hydrogen (secondary N) is 2. The molecule has 7 nitrogen and oxygen atoms in total. The van der Waals surface area contributed by atoms with Gasteiger partial charge in [-0.25, -0.2) is 15.1 Å². The van der Waals surface area contributed by atoms with Crippen molar-refractivity contribution in [1.82, 2.24) is 24.6 Å². The molecular weight excluding hydrogens is 404 g/mol. The monoisotopic (exact) mass is 414 g/mol. The van der Waals surface area contributed by atoms with Crippen LogP contribution in [0.4, 0.5) is 5.13 Å². The van der Waals surface area contributed by atoms with E-state index >= 15 is 0 Å². The van der Waals surface area contributed by atoms with Crippen LogP contribution < -0.4 is 5.32 Å². The number of aromatic nitrogens is 5. The van der Waals surface area contributed by atoms with Gasteiger partial charge in [-0.15, -0.1) is 5.10 Å². The Hall–Kier alpha value is -2.62. The van der Waals surface area contributed by atoms with Gasteiger partial charge in [0, 0.05) is 5.02 Å². The number of thiazole rings is 1. The quantitative estimate of drug-likeness (QED) is 0.430. The van der Waals surface area contributed by atoms with Crippen LogP contribution in [0.2, 0.25) is 5.02 Å². The van der Waals surface area contributed by atoms with Crippen LogP contribution >= 0.6 is 34.7 Å². The third-order valence-electron chi connectivity index (χ3n) is 3.93. The number of thioether (sulfide) groups is 1. The number of anilines is 1. The number of hydrogen-bond acceptors (Lipinski definition) is 6. The number of carbonyl (C=O) groups excluding carboxylic acids is 1. The number of nitrogens with zero attached hydrogens (tertiary/aromatic N) is 4. The van der Waals surface area contributed by atoms with Gasteiger partial charge in [0.05, 0.1) is 27.0 Å². The van der Waals surface area contributed by atoms with E-state index in [-0.39, 0.29) is 11.7 Å². The van der Waals surface area contributed by atoms with Gasteiger partial charge >= 0.3 is 0 Å². The molecule has 0 aliphatic carbocycles. The van der Waals surface area contributed by atoms with Crippen LogP contribution in [0, 0.1) is 0 Å². The number of benzene rings is 2. The van der Waals surface area contributed by atoms with Crippen molar-refractivity contribution in [3.8, 4) is 0 Å². The van der Waals surface area contributed by atoms with E-state index in [2.05, 4.69) is 25.5 Å². The van der Waals surface area contributed by atoms with Gasteiger partial charge in [0.15, 0.2) is 10.3 Å². The van der Waals surface area contributed by atoms with Crippen molar-refractivity contribution in [2.75, 3.05) is 11.1 Å². The first-order valence-electron chi connectivity index (χ1n) is 7.98. The number of imidazole rings is 1. The first-order chi connectivity index (χ1) is 13.2. The summed E-state index contributed by atoms with van der Waals surface area (Å²) in [6.45, 7) is 0. The fourth-order valence-electron chi connectivity index (χ4n) is 2.78. The Balaban J connectivity index is 1.33. The van der Waals surface area contributed by atoms with Crippen LogP contribution in [0.25, 0.3) is 27.0 Å². The predicted octanol–water partition coefficient (Wildman–Crippen LogP) is 4.20. The maximum absolute atomic E-state index is 12.3. The number of halogens is 1. The molecule has 0 fully saturated rings. The number of rotatable bonds is 4. The summed E-state index contributed by atoms with van der Waals surface area (Å²) < 4.78 is 2.84. The van der Waals surface area contributed by atoms with Crippen molar-refractivity contribution < 1.29 is 4.79 Å². The van der Waals surface area contributed by atoms with Crippen molar-refractivity contribution in [3.05, 3.63) is 47.5 Å². The summed E-state index contributed by atoms with van der Waals surface area (Å²) in [5.74, 6) is 0.719. The lowest BCUT2D eigenvalue weighted by Crippen LogP contribution is -2.14. The van der Waals surface area contributed by atoms with E-state index in [1.807, 2.05) is 40.8 Å². The summed E-state index contributed by atoms with van der Waals surface area (Å²) in [5, 5.41) is 11.9. The molecule has 3 aromatic heterocycles. The van der Waals surface area contributed by atoms with Gasteiger partial charge in [-0.3, -0.25) is 9.20 Å². The lowest BCUT2D eigenvalue weighted by molar-refractivity contribution is -0.113. The number of aromatic amines is 1. The zero-order valence-electron chi connectivity index (χ0n) is 13.6. The minimum atomic E-state index is -0.147. The lowest BCUT2D eigenvalue weighted by atomic mass is 10.3. The van der Waals surface area contributed by atoms with Gasteiger partial charge in [-0.05, 0) is 30.3 Å². The van der Waals surface area contributed by atoms with Crippen molar-refractivity contribution in [2.24, 2.45) is 0 Å². The van der Waals surface area contributed by atoms with Gasteiger partial charge in [0.1, 0.15) is 0 Å². The highest BCUT2D eigenvalue weighted by Crippen LogP contribution is 2.29. The second-order valence-corrected chi connectivity index (χ2v) is 8.14. The SMILES string of the molecule is O=C(CSc1n[nH]c2nc3ccccc3n12)Nc1nc2ccc(Cl)cc2s1. The van der Waals surface area contributed by atoms with Gasteiger partial charge < -0.3 is 5.32 Å². The molecule has 134 valence electrons. The van der Waals surface area contributed by atoms with E-state index in [1.54, 1.807) is 6.07 Å². The Morgan fingerprint density at radius 2 is 2.11 bits per heavy atom. The largest absolute Gasteiger partial charge is 0.301 e. The number of H-pyrrole nitrogens is 1. The van der Waals surface area contributed by atoms with Crippen LogP contribution in [0.3, 0.4) is 0 Å². The molecule has 2 N–H and O–H groups in total. The number of fused-ring (bicyclic) bond motifs is 4. The molecule has 27 heavy (non-hydrogen) atoms. The molecule has 0 unspecified atom stereocenters. The minimum Gasteiger partial charge on any atom is -0.301 e. The van der Waals surface area contributed by atoms with Crippen LogP contribution in [-0.2, 0) is 4.79 Å². The lowest BCUT2D eigenvalue weighted by Gasteiger charge is -2.00. The van der Waals surface area contributed by atoms with E-state index in [0.717, 1.165) is 21.3 Å². The van der Waals surface area contributed by atoms with Crippen molar-refractivity contribution in [1.29, 1.82) is 0 Å². The molecule has 0 aliphatic rings. The zero-order chi connectivity index (χ0) is 18.4. The minimum absolute atomic E-state index is 0.147. The summed E-state index contributed by atoms with van der Waals surface area (Å²) in [5.41, 5.74) is 2.64. The third-order valence-corrected chi connectivity index (χ3v) is 6.04. The van der Waals surface area contributed by atoms with Crippen LogP contribution in [-0.4, -0.2) is 36.2 Å². The van der Waals surface area contributed by atoms with E-state index in [9.17, 15) is 4.79 Å². The predicted molar refractivity (Wildman–Crippen MR) is 109 cm³/mol. The fraction of sp³-hybridized carbons (Fsp3) is 0.0588. The summed E-state index contributed by atoms with van der Waals surface area (Å²) in [6, 6.07) is 13.3. The molecular formula is C17H11ClN6OS2. The molecule has 2 aromatic carbocycles. The fourth-order valence-corrected chi connectivity index (χ4v) is 4.69. The first kappa shape index (κ1) is 16.5. The summed E-state index contributed by atoms with van der Waals surface area (Å²) in [6.07, 6.45) is 0. The van der Waals surface area contributed by atoms with Gasteiger partial charge in [-0.2, -0.15) is 0 Å². The Labute approximate surface area is 165 Å². The second-order valence-electron chi connectivity index (χ2n) is 5.73. The number of para-hydroxylation sites is 2. The number of hydrogen-bond donors (Lipinski definition) is 2. The molecule has 0 radical (unpaired) electrons. The average molecular weight is 415 g/mol. The molecule has 0 aliphatic heterocycles. The third kappa shape index (κ3) is 3.03. The van der Waals surface area contributed by atoms with Crippen molar-refractivity contribution in [3.63, 3.8) is 0 Å². The molecule has 0 spiro atoms. The second kappa shape index (κ2) is 6.52. The average Bonchev–Trinajstić information content (AvgIpc) is 3.32. The van der Waals surface area contributed by atoms with Crippen LogP contribution in [0.5, 0.6) is 0 Å². The molecule has 10 heteroatoms. The highest BCUT2D eigenvalue weighted by Gasteiger charge is 2.14. The summed E-state index contributed by atoms with van der Waals surface area (Å²) in [7, 11) is 0. The Kier molecular flexibility index (Phi) is 4.00. The van der Waals surface area contributed by atoms with E-state index in [1.165, 1.54) is 23.1 Å². The topological polar surface area (TPSA) is 88.0 Å². The molecule has 5 rings (SSSR count). The van der Waals surface area contributed by atoms with E-state index in [0.29, 0.717) is 21.1 Å². The van der Waals surface area contributed by atoms with Crippen LogP contribution in [0.1, 0.15) is 0 Å². The Bertz CT molecular complexity index is 1310.